The molecule has 2 aliphatic rings. The van der Waals surface area contributed by atoms with Gasteiger partial charge in [-0.3, -0.25) is 9.78 Å². The Labute approximate surface area is 149 Å². The maximum Gasteiger partial charge on any atom is 0.229 e. The molecule has 126 valence electrons. The Kier molecular flexibility index (Phi) is 3.36. The Hall–Kier alpha value is -2.31. The van der Waals surface area contributed by atoms with Crippen LogP contribution in [-0.2, 0) is 4.79 Å². The first-order chi connectivity index (χ1) is 12.2. The third kappa shape index (κ3) is 2.62. The Balaban J connectivity index is 1.36. The number of nitrogens with zero attached hydrogens (tertiary/aromatic N) is 3. The van der Waals surface area contributed by atoms with Crippen molar-refractivity contribution in [1.82, 2.24) is 14.9 Å². The topological polar surface area (TPSA) is 58.1 Å². The summed E-state index contributed by atoms with van der Waals surface area (Å²) < 4.78 is 1.08. The largest absolute Gasteiger partial charge is 0.306 e. The fraction of sp³-hybridized carbons (Fsp3) is 0.316. The number of benzene rings is 1. The standard InChI is InChI=1S/C19H18N4OS/c1-23-9-13-14(10-23)17(13)18(24)22-19-21-15-3-2-12(8-16(15)25-19)11-4-6-20-7-5-11/h2-8,13-14,17H,9-10H2,1H3,(H,21,22,24)/t13-,14+,17+. The second kappa shape index (κ2) is 5.61. The maximum absolute atomic E-state index is 12.5. The highest BCUT2D eigenvalue weighted by atomic mass is 32.1. The number of amides is 1. The van der Waals surface area contributed by atoms with E-state index in [1.807, 2.05) is 18.2 Å². The minimum absolute atomic E-state index is 0.136. The summed E-state index contributed by atoms with van der Waals surface area (Å²) in [6.45, 7) is 2.08. The zero-order chi connectivity index (χ0) is 17.0. The molecule has 25 heavy (non-hydrogen) atoms. The molecule has 1 saturated carbocycles. The van der Waals surface area contributed by atoms with Gasteiger partial charge >= 0.3 is 0 Å². The minimum Gasteiger partial charge on any atom is -0.306 e. The predicted octanol–water partition coefficient (Wildman–Crippen LogP) is 3.10. The Morgan fingerprint density at radius 2 is 1.92 bits per heavy atom. The smallest absolute Gasteiger partial charge is 0.229 e. The summed E-state index contributed by atoms with van der Waals surface area (Å²) >= 11 is 1.54. The van der Waals surface area contributed by atoms with E-state index in [-0.39, 0.29) is 11.8 Å². The van der Waals surface area contributed by atoms with Crippen LogP contribution in [0, 0.1) is 17.8 Å². The lowest BCUT2D eigenvalue weighted by Crippen LogP contribution is -2.25. The number of carbonyl (C=O) groups is 1. The molecule has 0 unspecified atom stereocenters. The number of thiazole rings is 1. The molecule has 3 heterocycles. The maximum atomic E-state index is 12.5. The lowest BCUT2D eigenvalue weighted by atomic mass is 10.1. The zero-order valence-corrected chi connectivity index (χ0v) is 14.7. The summed E-state index contributed by atoms with van der Waals surface area (Å²) in [6, 6.07) is 10.2. The third-order valence-electron chi connectivity index (χ3n) is 5.31. The fourth-order valence-corrected chi connectivity index (χ4v) is 4.92. The third-order valence-corrected chi connectivity index (χ3v) is 6.25. The zero-order valence-electron chi connectivity index (χ0n) is 13.8. The summed E-state index contributed by atoms with van der Waals surface area (Å²) in [4.78, 5) is 23.4. The van der Waals surface area contributed by atoms with Crippen LogP contribution in [0.25, 0.3) is 21.3 Å². The minimum atomic E-state index is 0.136. The molecule has 3 aromatic rings. The van der Waals surface area contributed by atoms with Crippen molar-refractivity contribution < 1.29 is 4.79 Å². The summed E-state index contributed by atoms with van der Waals surface area (Å²) in [7, 11) is 2.12. The van der Waals surface area contributed by atoms with E-state index in [1.54, 1.807) is 12.4 Å². The molecule has 2 aromatic heterocycles. The Bertz CT molecular complexity index is 942. The average Bonchev–Trinajstić information content (AvgIpc) is 2.95. The molecule has 3 atom stereocenters. The summed E-state index contributed by atoms with van der Waals surface area (Å²) in [5, 5.41) is 3.74. The van der Waals surface area contributed by atoms with Crippen molar-refractivity contribution in [2.24, 2.45) is 17.8 Å². The van der Waals surface area contributed by atoms with Crippen LogP contribution < -0.4 is 5.32 Å². The number of piperidine rings is 1. The van der Waals surface area contributed by atoms with Crippen LogP contribution in [-0.4, -0.2) is 40.9 Å². The van der Waals surface area contributed by atoms with Gasteiger partial charge in [-0.2, -0.15) is 0 Å². The summed E-state index contributed by atoms with van der Waals surface area (Å²) in [5.41, 5.74) is 3.19. The van der Waals surface area contributed by atoms with Crippen LogP contribution >= 0.6 is 11.3 Å². The van der Waals surface area contributed by atoms with Gasteiger partial charge in [0.2, 0.25) is 5.91 Å². The van der Waals surface area contributed by atoms with Crippen LogP contribution in [0.1, 0.15) is 0 Å². The van der Waals surface area contributed by atoms with Crippen LogP contribution in [0.4, 0.5) is 5.13 Å². The van der Waals surface area contributed by atoms with Gasteiger partial charge in [0.05, 0.1) is 10.2 Å². The quantitative estimate of drug-likeness (QED) is 0.789. The van der Waals surface area contributed by atoms with E-state index in [9.17, 15) is 4.79 Å². The van der Waals surface area contributed by atoms with E-state index in [0.717, 1.165) is 34.4 Å². The van der Waals surface area contributed by atoms with Crippen molar-refractivity contribution in [3.05, 3.63) is 42.7 Å². The van der Waals surface area contributed by atoms with E-state index in [4.69, 9.17) is 0 Å². The van der Waals surface area contributed by atoms with Crippen LogP contribution in [0.3, 0.4) is 0 Å². The molecule has 0 radical (unpaired) electrons. The molecule has 1 aromatic carbocycles. The molecule has 2 fully saturated rings. The first kappa shape index (κ1) is 15.0. The van der Waals surface area contributed by atoms with E-state index in [2.05, 4.69) is 39.4 Å². The van der Waals surface area contributed by atoms with Gasteiger partial charge in [0, 0.05) is 31.4 Å². The SMILES string of the molecule is CN1C[C@@H]2[C@H](C1)[C@H]2C(=O)Nc1nc2ccc(-c3ccncc3)cc2s1. The van der Waals surface area contributed by atoms with Gasteiger partial charge in [0.25, 0.3) is 0 Å². The average molecular weight is 350 g/mol. The van der Waals surface area contributed by atoms with Gasteiger partial charge in [0.15, 0.2) is 5.13 Å². The Morgan fingerprint density at radius 3 is 2.68 bits per heavy atom. The highest BCUT2D eigenvalue weighted by molar-refractivity contribution is 7.22. The normalized spacial score (nSPS) is 25.1. The van der Waals surface area contributed by atoms with Crippen molar-refractivity contribution in [1.29, 1.82) is 0 Å². The second-order valence-corrected chi connectivity index (χ2v) is 8.03. The monoisotopic (exact) mass is 350 g/mol. The van der Waals surface area contributed by atoms with Crippen LogP contribution in [0.15, 0.2) is 42.7 Å². The van der Waals surface area contributed by atoms with E-state index < -0.39 is 0 Å². The van der Waals surface area contributed by atoms with Gasteiger partial charge in [-0.1, -0.05) is 17.4 Å². The van der Waals surface area contributed by atoms with Gasteiger partial charge < -0.3 is 10.2 Å². The van der Waals surface area contributed by atoms with E-state index in [1.165, 1.54) is 11.3 Å². The van der Waals surface area contributed by atoms with Crippen molar-refractivity contribution in [2.75, 3.05) is 25.5 Å². The predicted molar refractivity (Wildman–Crippen MR) is 99.4 cm³/mol. The first-order valence-electron chi connectivity index (χ1n) is 8.49. The molecule has 0 bridgehead atoms. The van der Waals surface area contributed by atoms with Gasteiger partial charge in [-0.05, 0) is 54.3 Å². The van der Waals surface area contributed by atoms with Crippen LogP contribution in [0.5, 0.6) is 0 Å². The number of carbonyl (C=O) groups excluding carboxylic acids is 1. The highest BCUT2D eigenvalue weighted by Crippen LogP contribution is 2.51. The summed E-state index contributed by atoms with van der Waals surface area (Å²) in [6.07, 6.45) is 3.59. The number of anilines is 1. The number of fused-ring (bicyclic) bond motifs is 2. The number of likely N-dealkylation sites (tertiary alicyclic amines) is 1. The number of aromatic nitrogens is 2. The van der Waals surface area contributed by atoms with Crippen LogP contribution in [0.2, 0.25) is 0 Å². The van der Waals surface area contributed by atoms with Crippen molar-refractivity contribution in [2.45, 2.75) is 0 Å². The van der Waals surface area contributed by atoms with Gasteiger partial charge in [-0.15, -0.1) is 0 Å². The lowest BCUT2D eigenvalue weighted by molar-refractivity contribution is -0.118. The summed E-state index contributed by atoms with van der Waals surface area (Å²) in [5.74, 6) is 1.39. The highest BCUT2D eigenvalue weighted by Gasteiger charge is 2.58. The molecule has 0 spiro atoms. The van der Waals surface area contributed by atoms with Crippen molar-refractivity contribution >= 4 is 32.6 Å². The molecule has 5 rings (SSSR count). The lowest BCUT2D eigenvalue weighted by Gasteiger charge is -2.12. The number of rotatable bonds is 3. The molecular weight excluding hydrogens is 332 g/mol. The molecule has 5 nitrogen and oxygen atoms in total. The molecular formula is C19H18N4OS. The number of hydrogen-bond acceptors (Lipinski definition) is 5. The van der Waals surface area contributed by atoms with E-state index in [0.29, 0.717) is 17.0 Å². The molecule has 1 aliphatic heterocycles. The fourth-order valence-electron chi connectivity index (χ4n) is 4.02. The molecule has 1 aliphatic carbocycles. The van der Waals surface area contributed by atoms with Crippen molar-refractivity contribution in [3.63, 3.8) is 0 Å². The van der Waals surface area contributed by atoms with Gasteiger partial charge in [-0.25, -0.2) is 4.98 Å². The number of nitrogens with one attached hydrogen (secondary N) is 1. The molecule has 1 N–H and O–H groups in total. The van der Waals surface area contributed by atoms with Gasteiger partial charge in [0.1, 0.15) is 0 Å². The molecule has 6 heteroatoms. The number of pyridine rings is 1. The second-order valence-electron chi connectivity index (χ2n) is 7.00. The van der Waals surface area contributed by atoms with Crippen molar-refractivity contribution in [3.8, 4) is 11.1 Å². The van der Waals surface area contributed by atoms with E-state index >= 15 is 0 Å². The molecule has 1 amide bonds. The first-order valence-corrected chi connectivity index (χ1v) is 9.31. The Morgan fingerprint density at radius 1 is 1.16 bits per heavy atom. The number of hydrogen-bond donors (Lipinski definition) is 1. The molecule has 1 saturated heterocycles.